The van der Waals surface area contributed by atoms with Crippen molar-refractivity contribution >= 4 is 8.25 Å². The zero-order valence-corrected chi connectivity index (χ0v) is 19.2. The van der Waals surface area contributed by atoms with Gasteiger partial charge in [0.05, 0.1) is 0 Å². The Hall–Kier alpha value is -0.920. The normalized spacial score (nSPS) is 11.6. The van der Waals surface area contributed by atoms with E-state index in [-0.39, 0.29) is 0 Å². The van der Waals surface area contributed by atoms with Gasteiger partial charge in [-0.15, -0.1) is 4.89 Å². The lowest BCUT2D eigenvalue weighted by Crippen LogP contribution is -1.99. The molecule has 0 saturated heterocycles. The molecule has 0 aliphatic carbocycles. The summed E-state index contributed by atoms with van der Waals surface area (Å²) in [5.41, 5.74) is 2.45. The Kier molecular flexibility index (Phi) is 15.2. The van der Waals surface area contributed by atoms with Crippen molar-refractivity contribution in [3.05, 3.63) is 29.3 Å². The van der Waals surface area contributed by atoms with Crippen LogP contribution in [0.2, 0.25) is 0 Å². The molecule has 1 aromatic rings. The van der Waals surface area contributed by atoms with Crippen LogP contribution in [0.15, 0.2) is 18.2 Å². The van der Waals surface area contributed by atoms with E-state index in [2.05, 4.69) is 19.9 Å². The topological polar surface area (TPSA) is 46.5 Å². The molecule has 0 aliphatic heterocycles. The van der Waals surface area contributed by atoms with Crippen molar-refractivity contribution in [1.29, 1.82) is 0 Å². The molecule has 0 spiro atoms. The molecular weight excluding hydrogens is 367 g/mol. The summed E-state index contributed by atoms with van der Waals surface area (Å²) in [4.78, 5) is 9.22. The van der Waals surface area contributed by atoms with Gasteiger partial charge in [-0.1, -0.05) is 103 Å². The Morgan fingerprint density at radius 1 is 0.750 bits per heavy atom. The summed E-state index contributed by atoms with van der Waals surface area (Å²) in [5, 5.41) is 0. The molecular formula is C24H42O3P+. The average Bonchev–Trinajstić information content (AvgIpc) is 2.67. The van der Waals surface area contributed by atoms with Crippen molar-refractivity contribution in [1.82, 2.24) is 0 Å². The van der Waals surface area contributed by atoms with Crippen molar-refractivity contribution in [3.8, 4) is 5.75 Å². The highest BCUT2D eigenvalue weighted by Crippen LogP contribution is 2.31. The first-order valence-electron chi connectivity index (χ1n) is 11.6. The Morgan fingerprint density at radius 3 is 1.79 bits per heavy atom. The van der Waals surface area contributed by atoms with Crippen LogP contribution < -0.4 is 4.52 Å². The first-order valence-corrected chi connectivity index (χ1v) is 12.8. The molecule has 0 aromatic heterocycles. The van der Waals surface area contributed by atoms with Gasteiger partial charge in [0.15, 0.2) is 5.75 Å². The van der Waals surface area contributed by atoms with E-state index in [0.717, 1.165) is 24.8 Å². The van der Waals surface area contributed by atoms with E-state index in [9.17, 15) is 9.46 Å². The third-order valence-electron chi connectivity index (χ3n) is 5.49. The van der Waals surface area contributed by atoms with Crippen LogP contribution in [0, 0.1) is 0 Å². The van der Waals surface area contributed by atoms with Crippen LogP contribution in [0.4, 0.5) is 0 Å². The molecule has 1 rings (SSSR count). The van der Waals surface area contributed by atoms with Crippen molar-refractivity contribution in [3.63, 3.8) is 0 Å². The first-order chi connectivity index (χ1) is 13.7. The standard InChI is InChI=1S/C24H41O3P/c1-3-5-7-9-11-13-15-18-22-19-17-21-24(27-28(25)26)23(22)20-16-14-12-10-8-6-4-2/h17,19,21H,3-16,18,20H2,1-2H3/p+1. The Bertz CT molecular complexity index is 531. The number of unbranched alkanes of at least 4 members (excludes halogenated alkanes) is 12. The largest absolute Gasteiger partial charge is 0.747 e. The van der Waals surface area contributed by atoms with E-state index in [1.54, 1.807) is 0 Å². The fourth-order valence-corrected chi connectivity index (χ4v) is 4.17. The molecule has 1 aromatic carbocycles. The summed E-state index contributed by atoms with van der Waals surface area (Å²) in [6, 6.07) is 5.97. The SMILES string of the molecule is CCCCCCCCCc1cccc(O[P+](=O)O)c1CCCCCCCCC. The van der Waals surface area contributed by atoms with Gasteiger partial charge in [0, 0.05) is 10.1 Å². The average molecular weight is 410 g/mol. The van der Waals surface area contributed by atoms with E-state index >= 15 is 0 Å². The van der Waals surface area contributed by atoms with Gasteiger partial charge in [-0.05, 0) is 37.3 Å². The van der Waals surface area contributed by atoms with Crippen molar-refractivity contribution in [2.75, 3.05) is 0 Å². The molecule has 3 nitrogen and oxygen atoms in total. The Morgan fingerprint density at radius 2 is 1.25 bits per heavy atom. The zero-order chi connectivity index (χ0) is 20.5. The molecule has 28 heavy (non-hydrogen) atoms. The van der Waals surface area contributed by atoms with Crippen LogP contribution in [-0.2, 0) is 17.4 Å². The van der Waals surface area contributed by atoms with E-state index in [0.29, 0.717) is 5.75 Å². The third kappa shape index (κ3) is 11.8. The molecule has 0 aliphatic rings. The molecule has 0 saturated carbocycles. The zero-order valence-electron chi connectivity index (χ0n) is 18.3. The van der Waals surface area contributed by atoms with E-state index in [1.165, 1.54) is 89.0 Å². The maximum Gasteiger partial charge on any atom is 0.747 e. The van der Waals surface area contributed by atoms with Crippen LogP contribution in [0.1, 0.15) is 115 Å². The van der Waals surface area contributed by atoms with Crippen molar-refractivity contribution < 1.29 is 14.0 Å². The molecule has 1 unspecified atom stereocenters. The highest BCUT2D eigenvalue weighted by molar-refractivity contribution is 7.32. The number of hydrogen-bond acceptors (Lipinski definition) is 2. The summed E-state index contributed by atoms with van der Waals surface area (Å²) >= 11 is 0. The number of hydrogen-bond donors (Lipinski definition) is 1. The lowest BCUT2D eigenvalue weighted by molar-refractivity contribution is 0.408. The molecule has 1 N–H and O–H groups in total. The molecule has 160 valence electrons. The first kappa shape index (κ1) is 25.1. The van der Waals surface area contributed by atoms with Crippen LogP contribution in [-0.4, -0.2) is 4.89 Å². The second-order valence-corrected chi connectivity index (χ2v) is 8.62. The quantitative estimate of drug-likeness (QED) is 0.196. The fraction of sp³-hybridized carbons (Fsp3) is 0.750. The monoisotopic (exact) mass is 409 g/mol. The molecule has 0 bridgehead atoms. The summed E-state index contributed by atoms with van der Waals surface area (Å²) in [6.45, 7) is 4.50. The lowest BCUT2D eigenvalue weighted by atomic mass is 9.95. The van der Waals surface area contributed by atoms with Crippen molar-refractivity contribution in [2.24, 2.45) is 0 Å². The Labute approximate surface area is 174 Å². The van der Waals surface area contributed by atoms with Gasteiger partial charge in [0.1, 0.15) is 0 Å². The summed E-state index contributed by atoms with van der Waals surface area (Å²) in [5.74, 6) is 0.607. The minimum absolute atomic E-state index is 0.607. The lowest BCUT2D eigenvalue weighted by Gasteiger charge is -2.12. The van der Waals surface area contributed by atoms with Gasteiger partial charge in [-0.25, -0.2) is 4.52 Å². The molecule has 0 heterocycles. The predicted molar refractivity (Wildman–Crippen MR) is 120 cm³/mol. The van der Waals surface area contributed by atoms with Crippen LogP contribution >= 0.6 is 8.25 Å². The van der Waals surface area contributed by atoms with Gasteiger partial charge < -0.3 is 0 Å². The highest BCUT2D eigenvalue weighted by atomic mass is 31.1. The summed E-state index contributed by atoms with van der Waals surface area (Å²) in [7, 11) is -2.61. The molecule has 0 amide bonds. The summed E-state index contributed by atoms with van der Waals surface area (Å²) in [6.07, 6.45) is 20.0. The highest BCUT2D eigenvalue weighted by Gasteiger charge is 2.19. The smallest absolute Gasteiger partial charge is 0.229 e. The van der Waals surface area contributed by atoms with Crippen LogP contribution in [0.5, 0.6) is 5.75 Å². The van der Waals surface area contributed by atoms with E-state index < -0.39 is 8.25 Å². The molecule has 0 fully saturated rings. The molecule has 0 radical (unpaired) electrons. The molecule has 1 atom stereocenters. The second-order valence-electron chi connectivity index (χ2n) is 7.97. The third-order valence-corrected chi connectivity index (χ3v) is 5.84. The maximum absolute atomic E-state index is 11.2. The van der Waals surface area contributed by atoms with Gasteiger partial charge in [-0.3, -0.25) is 0 Å². The van der Waals surface area contributed by atoms with Gasteiger partial charge in [0.2, 0.25) is 0 Å². The van der Waals surface area contributed by atoms with Gasteiger partial charge in [-0.2, -0.15) is 0 Å². The van der Waals surface area contributed by atoms with E-state index in [1.807, 2.05) is 12.1 Å². The van der Waals surface area contributed by atoms with Crippen LogP contribution in [0.25, 0.3) is 0 Å². The fourth-order valence-electron chi connectivity index (χ4n) is 3.83. The second kappa shape index (κ2) is 17.0. The maximum atomic E-state index is 11.2. The Balaban J connectivity index is 2.51. The summed E-state index contributed by atoms with van der Waals surface area (Å²) < 4.78 is 16.5. The minimum Gasteiger partial charge on any atom is -0.229 e. The van der Waals surface area contributed by atoms with Crippen molar-refractivity contribution in [2.45, 2.75) is 117 Å². The van der Waals surface area contributed by atoms with Gasteiger partial charge in [0.25, 0.3) is 0 Å². The number of aryl methyl sites for hydroxylation is 1. The minimum atomic E-state index is -2.61. The predicted octanol–water partition coefficient (Wildman–Crippen LogP) is 8.30. The molecule has 4 heteroatoms. The number of benzene rings is 1. The number of rotatable bonds is 18. The van der Waals surface area contributed by atoms with Gasteiger partial charge >= 0.3 is 8.25 Å². The van der Waals surface area contributed by atoms with E-state index in [4.69, 9.17) is 4.52 Å². The van der Waals surface area contributed by atoms with Crippen LogP contribution in [0.3, 0.4) is 0 Å².